The van der Waals surface area contributed by atoms with Crippen LogP contribution >= 0.6 is 11.6 Å². The van der Waals surface area contributed by atoms with Crippen molar-refractivity contribution in [2.24, 2.45) is 0 Å². The van der Waals surface area contributed by atoms with Crippen LogP contribution in [0.5, 0.6) is 5.75 Å². The van der Waals surface area contributed by atoms with Crippen LogP contribution in [-0.2, 0) is 0 Å². The highest BCUT2D eigenvalue weighted by molar-refractivity contribution is 6.33. The Bertz CT molecular complexity index is 959. The molecule has 0 heterocycles. The molecule has 0 aliphatic rings. The topological polar surface area (TPSA) is 52.4 Å². The number of rotatable bonds is 4. The quantitative estimate of drug-likeness (QED) is 0.442. The summed E-state index contributed by atoms with van der Waals surface area (Å²) in [6.45, 7) is 0. The smallest absolute Gasteiger partial charge is 0.346 e. The highest BCUT2D eigenvalue weighted by Crippen LogP contribution is 2.41. The molecular weight excluding hydrogens is 345 g/mol. The molecule has 0 aliphatic carbocycles. The maximum Gasteiger partial charge on any atom is 0.346 e. The van der Waals surface area contributed by atoms with Gasteiger partial charge in [-0.25, -0.2) is 0 Å². The van der Waals surface area contributed by atoms with Crippen LogP contribution in [0.3, 0.4) is 0 Å². The second-order valence-electron chi connectivity index (χ2n) is 5.26. The zero-order chi connectivity index (χ0) is 18.0. The predicted octanol–water partition coefficient (Wildman–Crippen LogP) is 5.73. The van der Waals surface area contributed by atoms with Crippen LogP contribution in [0.25, 0.3) is 22.3 Å². The third-order valence-electron chi connectivity index (χ3n) is 3.86. The molecule has 3 rings (SSSR count). The Morgan fingerprint density at radius 3 is 2.04 bits per heavy atom. The summed E-state index contributed by atoms with van der Waals surface area (Å²) in [5.74, 6) is -1.06. The average Bonchev–Trinajstić information content (AvgIpc) is 2.61. The summed E-state index contributed by atoms with van der Waals surface area (Å²) in [5.41, 5.74) is 1.35. The molecular formula is C19H13ClFNO3. The van der Waals surface area contributed by atoms with Gasteiger partial charge in [-0.3, -0.25) is 10.1 Å². The van der Waals surface area contributed by atoms with E-state index < -0.39 is 16.4 Å². The second-order valence-corrected chi connectivity index (χ2v) is 5.67. The first-order valence-electron chi connectivity index (χ1n) is 7.39. The van der Waals surface area contributed by atoms with Gasteiger partial charge in [-0.1, -0.05) is 54.1 Å². The van der Waals surface area contributed by atoms with Crippen LogP contribution in [0.2, 0.25) is 5.02 Å². The number of ether oxygens (including phenoxy) is 1. The zero-order valence-electron chi connectivity index (χ0n) is 13.2. The molecule has 0 spiro atoms. The van der Waals surface area contributed by atoms with E-state index in [1.807, 2.05) is 12.1 Å². The fourth-order valence-electron chi connectivity index (χ4n) is 2.72. The Labute approximate surface area is 148 Å². The van der Waals surface area contributed by atoms with Crippen molar-refractivity contribution in [1.29, 1.82) is 0 Å². The van der Waals surface area contributed by atoms with E-state index in [9.17, 15) is 14.5 Å². The minimum absolute atomic E-state index is 0.114. The molecule has 3 aromatic carbocycles. The summed E-state index contributed by atoms with van der Waals surface area (Å²) in [4.78, 5) is 10.5. The molecule has 25 heavy (non-hydrogen) atoms. The number of hydrogen-bond acceptors (Lipinski definition) is 3. The Hall–Kier alpha value is -2.92. The molecule has 0 unspecified atom stereocenters. The van der Waals surface area contributed by atoms with E-state index in [2.05, 4.69) is 0 Å². The number of nitro groups is 1. The lowest BCUT2D eigenvalue weighted by molar-refractivity contribution is -0.388. The third kappa shape index (κ3) is 3.06. The summed E-state index contributed by atoms with van der Waals surface area (Å²) >= 11 is 6.27. The minimum atomic E-state index is -0.941. The molecule has 0 saturated carbocycles. The number of nitro benzene ring substituents is 1. The Kier molecular flexibility index (Phi) is 4.67. The minimum Gasteiger partial charge on any atom is -0.490 e. The van der Waals surface area contributed by atoms with Crippen molar-refractivity contribution in [3.63, 3.8) is 0 Å². The first-order chi connectivity index (χ1) is 12.0. The van der Waals surface area contributed by atoms with Gasteiger partial charge in [0.1, 0.15) is 0 Å². The van der Waals surface area contributed by atoms with Crippen LogP contribution < -0.4 is 4.74 Å². The van der Waals surface area contributed by atoms with Crippen LogP contribution in [0.4, 0.5) is 10.1 Å². The highest BCUT2D eigenvalue weighted by atomic mass is 35.5. The number of halogens is 2. The molecule has 6 heteroatoms. The fraction of sp³-hybridized carbons (Fsp3) is 0.0526. The van der Waals surface area contributed by atoms with Crippen LogP contribution in [-0.4, -0.2) is 12.0 Å². The van der Waals surface area contributed by atoms with Gasteiger partial charge in [0.05, 0.1) is 12.0 Å². The summed E-state index contributed by atoms with van der Waals surface area (Å²) in [6, 6.07) is 17.1. The molecule has 0 fully saturated rings. The van der Waals surface area contributed by atoms with Crippen molar-refractivity contribution in [2.75, 3.05) is 7.11 Å². The van der Waals surface area contributed by atoms with Crippen molar-refractivity contribution < 1.29 is 14.1 Å². The maximum atomic E-state index is 14.9. The standard InChI is InChI=1S/C19H13ClFNO3/c1-25-17-11-10-15(18(21)19(17)22(23)24)13-7-3-2-6-12(13)14-8-4-5-9-16(14)20/h2-11H,1H3. The molecule has 0 aromatic heterocycles. The monoisotopic (exact) mass is 357 g/mol. The molecule has 0 aliphatic heterocycles. The zero-order valence-corrected chi connectivity index (χ0v) is 14.0. The van der Waals surface area contributed by atoms with Gasteiger partial charge in [0.2, 0.25) is 5.82 Å². The van der Waals surface area contributed by atoms with Gasteiger partial charge in [0.25, 0.3) is 0 Å². The largest absolute Gasteiger partial charge is 0.490 e. The fourth-order valence-corrected chi connectivity index (χ4v) is 2.96. The van der Waals surface area contributed by atoms with Crippen molar-refractivity contribution in [3.8, 4) is 28.0 Å². The highest BCUT2D eigenvalue weighted by Gasteiger charge is 2.26. The third-order valence-corrected chi connectivity index (χ3v) is 4.19. The van der Waals surface area contributed by atoms with Crippen molar-refractivity contribution in [3.05, 3.63) is 81.6 Å². The molecule has 3 aromatic rings. The van der Waals surface area contributed by atoms with E-state index in [0.717, 1.165) is 5.56 Å². The molecule has 0 atom stereocenters. The van der Waals surface area contributed by atoms with E-state index >= 15 is 0 Å². The SMILES string of the molecule is COc1ccc(-c2ccccc2-c2ccccc2Cl)c(F)c1[N+](=O)[O-]. The first-order valence-corrected chi connectivity index (χ1v) is 7.77. The normalized spacial score (nSPS) is 10.5. The molecule has 0 saturated heterocycles. The summed E-state index contributed by atoms with van der Waals surface area (Å²) in [6.07, 6.45) is 0. The molecule has 0 N–H and O–H groups in total. The van der Waals surface area contributed by atoms with Crippen LogP contribution in [0.15, 0.2) is 60.7 Å². The predicted molar refractivity (Wildman–Crippen MR) is 95.5 cm³/mol. The molecule has 0 amide bonds. The second kappa shape index (κ2) is 6.91. The van der Waals surface area contributed by atoms with Gasteiger partial charge in [0.15, 0.2) is 5.75 Å². The van der Waals surface area contributed by atoms with Crippen LogP contribution in [0.1, 0.15) is 0 Å². The Morgan fingerprint density at radius 2 is 1.48 bits per heavy atom. The lowest BCUT2D eigenvalue weighted by Gasteiger charge is -2.13. The van der Waals surface area contributed by atoms with E-state index in [0.29, 0.717) is 16.1 Å². The van der Waals surface area contributed by atoms with Gasteiger partial charge < -0.3 is 4.74 Å². The van der Waals surface area contributed by atoms with E-state index in [-0.39, 0.29) is 11.3 Å². The number of methoxy groups -OCH3 is 1. The van der Waals surface area contributed by atoms with E-state index in [4.69, 9.17) is 16.3 Å². The van der Waals surface area contributed by atoms with Crippen molar-refractivity contribution in [2.45, 2.75) is 0 Å². The van der Waals surface area contributed by atoms with Crippen LogP contribution in [0, 0.1) is 15.9 Å². The molecule has 4 nitrogen and oxygen atoms in total. The Balaban J connectivity index is 2.28. The lowest BCUT2D eigenvalue weighted by Crippen LogP contribution is -1.99. The van der Waals surface area contributed by atoms with Crippen molar-refractivity contribution in [1.82, 2.24) is 0 Å². The number of benzene rings is 3. The average molecular weight is 358 g/mol. The molecule has 0 bridgehead atoms. The number of hydrogen-bond donors (Lipinski definition) is 0. The summed E-state index contributed by atoms with van der Waals surface area (Å²) in [5, 5.41) is 11.8. The van der Waals surface area contributed by atoms with Gasteiger partial charge in [-0.05, 0) is 29.3 Å². The summed E-state index contributed by atoms with van der Waals surface area (Å²) in [7, 11) is 1.26. The Morgan fingerprint density at radius 1 is 0.920 bits per heavy atom. The molecule has 126 valence electrons. The van der Waals surface area contributed by atoms with Gasteiger partial charge in [-0.2, -0.15) is 4.39 Å². The van der Waals surface area contributed by atoms with Gasteiger partial charge in [0, 0.05) is 16.1 Å². The van der Waals surface area contributed by atoms with Crippen molar-refractivity contribution >= 4 is 17.3 Å². The lowest BCUT2D eigenvalue weighted by atomic mass is 9.94. The van der Waals surface area contributed by atoms with E-state index in [1.165, 1.54) is 19.2 Å². The first kappa shape index (κ1) is 16.9. The number of nitrogens with zero attached hydrogens (tertiary/aromatic N) is 1. The van der Waals surface area contributed by atoms with Gasteiger partial charge in [-0.15, -0.1) is 0 Å². The maximum absolute atomic E-state index is 14.9. The van der Waals surface area contributed by atoms with E-state index in [1.54, 1.807) is 36.4 Å². The van der Waals surface area contributed by atoms with Gasteiger partial charge >= 0.3 is 5.69 Å². The molecule has 0 radical (unpaired) electrons. The summed E-state index contributed by atoms with van der Waals surface area (Å²) < 4.78 is 19.8.